The van der Waals surface area contributed by atoms with Gasteiger partial charge in [0.05, 0.1) is 5.41 Å². The van der Waals surface area contributed by atoms with Crippen molar-refractivity contribution in [1.29, 1.82) is 0 Å². The summed E-state index contributed by atoms with van der Waals surface area (Å²) in [7, 11) is 0. The summed E-state index contributed by atoms with van der Waals surface area (Å²) in [4.78, 5) is 24.3. The quantitative estimate of drug-likeness (QED) is 0.738. The molecule has 0 aliphatic carbocycles. The number of hydrogen-bond donors (Lipinski definition) is 1. The van der Waals surface area contributed by atoms with E-state index >= 15 is 0 Å². The van der Waals surface area contributed by atoms with Gasteiger partial charge in [-0.1, -0.05) is 11.6 Å². The first-order chi connectivity index (χ1) is 13.7. The SMILES string of the molecule is O=C1N(c2ccc(O)cc2)CC[C@@]12CCCN(c1ncc(C(F)(F)F)c(Cl)n1)C2. The largest absolute Gasteiger partial charge is 0.508 e. The number of benzene rings is 1. The van der Waals surface area contributed by atoms with E-state index in [1.165, 1.54) is 12.1 Å². The van der Waals surface area contributed by atoms with Gasteiger partial charge in [-0.15, -0.1) is 0 Å². The summed E-state index contributed by atoms with van der Waals surface area (Å²) in [5.41, 5.74) is -1.02. The topological polar surface area (TPSA) is 69.6 Å². The van der Waals surface area contributed by atoms with Gasteiger partial charge in [-0.25, -0.2) is 9.97 Å². The molecule has 1 N–H and O–H groups in total. The van der Waals surface area contributed by atoms with Crippen molar-refractivity contribution in [3.8, 4) is 5.75 Å². The number of phenols is 1. The minimum atomic E-state index is -4.62. The molecule has 1 aromatic carbocycles. The van der Waals surface area contributed by atoms with E-state index in [1.54, 1.807) is 21.9 Å². The highest BCUT2D eigenvalue weighted by molar-refractivity contribution is 6.30. The number of carbonyl (C=O) groups is 1. The number of rotatable bonds is 2. The molecule has 1 aromatic heterocycles. The van der Waals surface area contributed by atoms with Crippen LogP contribution in [0.3, 0.4) is 0 Å². The number of alkyl halides is 3. The Kier molecular flexibility index (Phi) is 4.80. The Morgan fingerprint density at radius 2 is 1.86 bits per heavy atom. The molecule has 0 saturated carbocycles. The van der Waals surface area contributed by atoms with E-state index < -0.39 is 22.3 Å². The second-order valence-corrected chi connectivity index (χ2v) is 7.76. The Labute approximate surface area is 169 Å². The maximum absolute atomic E-state index is 13.2. The van der Waals surface area contributed by atoms with Crippen LogP contribution in [-0.2, 0) is 11.0 Å². The van der Waals surface area contributed by atoms with Crippen LogP contribution in [0.5, 0.6) is 5.75 Å². The molecule has 4 rings (SSSR count). The molecule has 29 heavy (non-hydrogen) atoms. The van der Waals surface area contributed by atoms with Crippen molar-refractivity contribution in [2.75, 3.05) is 29.4 Å². The molecule has 1 atom stereocenters. The van der Waals surface area contributed by atoms with Gasteiger partial charge in [0.15, 0.2) is 0 Å². The fourth-order valence-electron chi connectivity index (χ4n) is 4.08. The number of aromatic nitrogens is 2. The molecule has 0 radical (unpaired) electrons. The number of anilines is 2. The Morgan fingerprint density at radius 1 is 1.14 bits per heavy atom. The second-order valence-electron chi connectivity index (χ2n) is 7.40. The van der Waals surface area contributed by atoms with Gasteiger partial charge in [0.25, 0.3) is 0 Å². The van der Waals surface area contributed by atoms with Crippen molar-refractivity contribution in [3.63, 3.8) is 0 Å². The second kappa shape index (κ2) is 7.05. The monoisotopic (exact) mass is 426 g/mol. The zero-order valence-corrected chi connectivity index (χ0v) is 16.0. The molecule has 2 fully saturated rings. The normalized spacial score (nSPS) is 22.6. The standard InChI is InChI=1S/C19H18ClF3N4O2/c20-15-14(19(21,22)23)10-24-17(25-15)26-8-1-6-18(11-26)7-9-27(16(18)29)12-2-4-13(28)5-3-12/h2-5,10,28H,1,6-9,11H2/t18-/m1/s1. The third-order valence-corrected chi connectivity index (χ3v) is 5.86. The summed E-state index contributed by atoms with van der Waals surface area (Å²) in [6.45, 7) is 1.39. The Bertz CT molecular complexity index is 938. The highest BCUT2D eigenvalue weighted by Gasteiger charge is 2.49. The first kappa shape index (κ1) is 19.8. The number of halogens is 4. The molecule has 10 heteroatoms. The number of piperidine rings is 1. The van der Waals surface area contributed by atoms with Crippen molar-refractivity contribution in [2.45, 2.75) is 25.4 Å². The van der Waals surface area contributed by atoms with Crippen molar-refractivity contribution >= 4 is 29.1 Å². The van der Waals surface area contributed by atoms with Gasteiger partial charge in [-0.3, -0.25) is 4.79 Å². The van der Waals surface area contributed by atoms with Gasteiger partial charge < -0.3 is 14.9 Å². The van der Waals surface area contributed by atoms with E-state index in [2.05, 4.69) is 9.97 Å². The summed E-state index contributed by atoms with van der Waals surface area (Å²) in [6, 6.07) is 6.43. The minimum Gasteiger partial charge on any atom is -0.508 e. The number of phenolic OH excluding ortho intramolecular Hbond substituents is 1. The van der Waals surface area contributed by atoms with E-state index in [4.69, 9.17) is 11.6 Å². The van der Waals surface area contributed by atoms with Crippen molar-refractivity contribution in [2.24, 2.45) is 5.41 Å². The lowest BCUT2D eigenvalue weighted by molar-refractivity contribution is -0.138. The molecule has 2 aliphatic heterocycles. The van der Waals surface area contributed by atoms with E-state index in [-0.39, 0.29) is 17.6 Å². The predicted octanol–water partition coefficient (Wildman–Crippen LogP) is 3.88. The highest BCUT2D eigenvalue weighted by Crippen LogP contribution is 2.43. The summed E-state index contributed by atoms with van der Waals surface area (Å²) in [5.74, 6) is 0.180. The number of hydrogen-bond acceptors (Lipinski definition) is 5. The summed E-state index contributed by atoms with van der Waals surface area (Å²) >= 11 is 5.74. The zero-order chi connectivity index (χ0) is 20.8. The first-order valence-corrected chi connectivity index (χ1v) is 9.53. The van der Waals surface area contributed by atoms with Crippen LogP contribution >= 0.6 is 11.6 Å². The zero-order valence-electron chi connectivity index (χ0n) is 15.3. The van der Waals surface area contributed by atoms with E-state index in [0.29, 0.717) is 50.8 Å². The molecule has 1 amide bonds. The number of carbonyl (C=O) groups excluding carboxylic acids is 1. The number of nitrogens with zero attached hydrogens (tertiary/aromatic N) is 4. The molecule has 2 saturated heterocycles. The minimum absolute atomic E-state index is 0.0362. The predicted molar refractivity (Wildman–Crippen MR) is 101 cm³/mol. The van der Waals surface area contributed by atoms with Crippen LogP contribution in [0.25, 0.3) is 0 Å². The van der Waals surface area contributed by atoms with Gasteiger partial charge in [-0.05, 0) is 43.5 Å². The van der Waals surface area contributed by atoms with Crippen molar-refractivity contribution < 1.29 is 23.1 Å². The fourth-order valence-corrected chi connectivity index (χ4v) is 4.31. The van der Waals surface area contributed by atoms with Crippen LogP contribution in [0.4, 0.5) is 24.8 Å². The van der Waals surface area contributed by atoms with Gasteiger partial charge >= 0.3 is 6.18 Å². The molecule has 0 unspecified atom stereocenters. The smallest absolute Gasteiger partial charge is 0.420 e. The molecular weight excluding hydrogens is 409 g/mol. The Hall–Kier alpha value is -2.55. The fraction of sp³-hybridized carbons (Fsp3) is 0.421. The Balaban J connectivity index is 1.56. The van der Waals surface area contributed by atoms with Crippen LogP contribution in [0.2, 0.25) is 5.15 Å². The van der Waals surface area contributed by atoms with Gasteiger partial charge in [0, 0.05) is 31.5 Å². The lowest BCUT2D eigenvalue weighted by atomic mass is 9.78. The molecule has 2 aromatic rings. The van der Waals surface area contributed by atoms with Gasteiger partial charge in [-0.2, -0.15) is 13.2 Å². The van der Waals surface area contributed by atoms with Crippen LogP contribution in [-0.4, -0.2) is 40.6 Å². The molecule has 1 spiro atoms. The van der Waals surface area contributed by atoms with Gasteiger partial charge in [0.1, 0.15) is 16.5 Å². The molecule has 6 nitrogen and oxygen atoms in total. The average molecular weight is 427 g/mol. The van der Waals surface area contributed by atoms with Crippen LogP contribution in [0.1, 0.15) is 24.8 Å². The molecule has 2 aliphatic rings. The molecule has 154 valence electrons. The average Bonchev–Trinajstić information content (AvgIpc) is 2.97. The maximum Gasteiger partial charge on any atom is 0.420 e. The van der Waals surface area contributed by atoms with Crippen molar-refractivity contribution in [1.82, 2.24) is 9.97 Å². The molecule has 3 heterocycles. The summed E-state index contributed by atoms with van der Waals surface area (Å²) in [5, 5.41) is 8.81. The lowest BCUT2D eigenvalue weighted by Gasteiger charge is -2.39. The highest BCUT2D eigenvalue weighted by atomic mass is 35.5. The first-order valence-electron chi connectivity index (χ1n) is 9.15. The van der Waals surface area contributed by atoms with E-state index in [9.17, 15) is 23.1 Å². The number of amides is 1. The van der Waals surface area contributed by atoms with Crippen LogP contribution < -0.4 is 9.80 Å². The summed E-state index contributed by atoms with van der Waals surface area (Å²) < 4.78 is 38.7. The third kappa shape index (κ3) is 3.59. The van der Waals surface area contributed by atoms with Crippen molar-refractivity contribution in [3.05, 3.63) is 41.2 Å². The van der Waals surface area contributed by atoms with E-state index in [0.717, 1.165) is 0 Å². The van der Waals surface area contributed by atoms with Crippen LogP contribution in [0, 0.1) is 5.41 Å². The molecule has 0 bridgehead atoms. The lowest BCUT2D eigenvalue weighted by Crippen LogP contribution is -2.48. The third-order valence-electron chi connectivity index (χ3n) is 5.57. The molecular formula is C19H18ClF3N4O2. The maximum atomic E-state index is 13.2. The number of aromatic hydroxyl groups is 1. The summed E-state index contributed by atoms with van der Waals surface area (Å²) in [6.07, 6.45) is -1.93. The van der Waals surface area contributed by atoms with Gasteiger partial charge in [0.2, 0.25) is 11.9 Å². The Morgan fingerprint density at radius 3 is 2.52 bits per heavy atom. The van der Waals surface area contributed by atoms with Crippen LogP contribution in [0.15, 0.2) is 30.5 Å². The van der Waals surface area contributed by atoms with E-state index in [1.807, 2.05) is 0 Å².